The number of nitrogens with one attached hydrogen (secondary N) is 2. The maximum atomic E-state index is 12.0. The van der Waals surface area contributed by atoms with Gasteiger partial charge in [-0.1, -0.05) is 30.3 Å². The van der Waals surface area contributed by atoms with Crippen molar-refractivity contribution in [2.45, 2.75) is 24.9 Å². The fraction of sp³-hybridized carbons (Fsp3) is 0.533. The van der Waals surface area contributed by atoms with Crippen molar-refractivity contribution in [2.24, 2.45) is 0 Å². The molecular formula is C15H22N2O3. The quantitative estimate of drug-likeness (QED) is 0.689. The molecule has 110 valence electrons. The molecule has 20 heavy (non-hydrogen) atoms. The lowest BCUT2D eigenvalue weighted by Gasteiger charge is -2.24. The molecule has 1 fully saturated rings. The molecular weight excluding hydrogens is 256 g/mol. The zero-order valence-electron chi connectivity index (χ0n) is 11.5. The van der Waals surface area contributed by atoms with Gasteiger partial charge in [0.25, 0.3) is 0 Å². The summed E-state index contributed by atoms with van der Waals surface area (Å²) >= 11 is 0. The number of carbonyl (C=O) groups excluding carboxylic acids is 1. The third-order valence-corrected chi connectivity index (χ3v) is 3.34. The van der Waals surface area contributed by atoms with Crippen LogP contribution in [0.3, 0.4) is 0 Å². The second-order valence-electron chi connectivity index (χ2n) is 5.07. The number of rotatable bonds is 6. The Morgan fingerprint density at radius 3 is 2.90 bits per heavy atom. The summed E-state index contributed by atoms with van der Waals surface area (Å²) in [5.41, 5.74) is 1.10. The first-order valence-corrected chi connectivity index (χ1v) is 7.03. The monoisotopic (exact) mass is 278 g/mol. The van der Waals surface area contributed by atoms with Crippen LogP contribution in [0, 0.1) is 0 Å². The number of ether oxygens (including phenoxy) is 1. The molecule has 0 spiro atoms. The van der Waals surface area contributed by atoms with Crippen LogP contribution in [0.5, 0.6) is 0 Å². The molecule has 1 saturated heterocycles. The summed E-state index contributed by atoms with van der Waals surface area (Å²) in [6.07, 6.45) is 1.02. The van der Waals surface area contributed by atoms with Crippen LogP contribution in [0.4, 0.5) is 0 Å². The van der Waals surface area contributed by atoms with E-state index < -0.39 is 0 Å². The highest BCUT2D eigenvalue weighted by Crippen LogP contribution is 2.04. The zero-order chi connectivity index (χ0) is 14.2. The molecule has 1 amide bonds. The molecule has 1 aliphatic rings. The lowest BCUT2D eigenvalue weighted by molar-refractivity contribution is -0.123. The van der Waals surface area contributed by atoms with Gasteiger partial charge in [-0.15, -0.1) is 0 Å². The lowest BCUT2D eigenvalue weighted by atomic mass is 10.1. The Morgan fingerprint density at radius 1 is 1.45 bits per heavy atom. The zero-order valence-corrected chi connectivity index (χ0v) is 11.5. The summed E-state index contributed by atoms with van der Waals surface area (Å²) in [6, 6.07) is 9.67. The van der Waals surface area contributed by atoms with E-state index in [2.05, 4.69) is 10.6 Å². The van der Waals surface area contributed by atoms with Crippen LogP contribution >= 0.6 is 0 Å². The van der Waals surface area contributed by atoms with E-state index in [9.17, 15) is 9.90 Å². The standard InChI is InChI=1S/C15H22N2O3/c18-10-13(8-12-4-2-1-3-5-12)17-15(19)9-14-11-20-7-6-16-14/h1-5,13-14,16,18H,6-11H2,(H,17,19). The van der Waals surface area contributed by atoms with Gasteiger partial charge in [0, 0.05) is 19.0 Å². The summed E-state index contributed by atoms with van der Waals surface area (Å²) in [7, 11) is 0. The molecule has 5 heteroatoms. The number of hydrogen-bond donors (Lipinski definition) is 3. The Labute approximate surface area is 119 Å². The predicted molar refractivity (Wildman–Crippen MR) is 76.4 cm³/mol. The highest BCUT2D eigenvalue weighted by Gasteiger charge is 2.19. The number of carbonyl (C=O) groups is 1. The van der Waals surface area contributed by atoms with Crippen molar-refractivity contribution in [3.8, 4) is 0 Å². The molecule has 0 radical (unpaired) electrons. The maximum absolute atomic E-state index is 12.0. The topological polar surface area (TPSA) is 70.6 Å². The Kier molecular flexibility index (Phi) is 5.98. The van der Waals surface area contributed by atoms with Gasteiger partial charge in [-0.25, -0.2) is 0 Å². The molecule has 2 atom stereocenters. The predicted octanol–water partition coefficient (Wildman–Crippen LogP) is 0.0847. The maximum Gasteiger partial charge on any atom is 0.221 e. The van der Waals surface area contributed by atoms with Gasteiger partial charge in [-0.05, 0) is 12.0 Å². The van der Waals surface area contributed by atoms with Crippen LogP contribution in [0.15, 0.2) is 30.3 Å². The van der Waals surface area contributed by atoms with Crippen LogP contribution in [-0.4, -0.2) is 49.5 Å². The van der Waals surface area contributed by atoms with E-state index in [0.29, 0.717) is 26.1 Å². The van der Waals surface area contributed by atoms with Gasteiger partial charge in [0.05, 0.1) is 25.9 Å². The smallest absolute Gasteiger partial charge is 0.221 e. The molecule has 0 bridgehead atoms. The number of aliphatic hydroxyl groups is 1. The minimum absolute atomic E-state index is 0.0528. The molecule has 0 aliphatic carbocycles. The number of aliphatic hydroxyl groups excluding tert-OH is 1. The SMILES string of the molecule is O=C(CC1COCCN1)NC(CO)Cc1ccccc1. The second kappa shape index (κ2) is 7.99. The van der Waals surface area contributed by atoms with Gasteiger partial charge in [-0.2, -0.15) is 0 Å². The molecule has 1 heterocycles. The normalized spacial score (nSPS) is 20.4. The van der Waals surface area contributed by atoms with Crippen molar-refractivity contribution in [3.63, 3.8) is 0 Å². The second-order valence-corrected chi connectivity index (χ2v) is 5.07. The number of amides is 1. The molecule has 5 nitrogen and oxygen atoms in total. The van der Waals surface area contributed by atoms with Crippen molar-refractivity contribution in [2.75, 3.05) is 26.4 Å². The van der Waals surface area contributed by atoms with Crippen molar-refractivity contribution < 1.29 is 14.6 Å². The van der Waals surface area contributed by atoms with Gasteiger partial charge >= 0.3 is 0 Å². The number of hydrogen-bond acceptors (Lipinski definition) is 4. The molecule has 0 saturated carbocycles. The highest BCUT2D eigenvalue weighted by atomic mass is 16.5. The first kappa shape index (κ1) is 15.0. The van der Waals surface area contributed by atoms with Crippen molar-refractivity contribution in [1.82, 2.24) is 10.6 Å². The van der Waals surface area contributed by atoms with Gasteiger partial charge in [0.1, 0.15) is 0 Å². The first-order chi connectivity index (χ1) is 9.78. The fourth-order valence-corrected chi connectivity index (χ4v) is 2.32. The van der Waals surface area contributed by atoms with Crippen LogP contribution in [0.2, 0.25) is 0 Å². The molecule has 1 aliphatic heterocycles. The highest BCUT2D eigenvalue weighted by molar-refractivity contribution is 5.77. The summed E-state index contributed by atoms with van der Waals surface area (Å²) in [4.78, 5) is 12.0. The first-order valence-electron chi connectivity index (χ1n) is 7.03. The van der Waals surface area contributed by atoms with Gasteiger partial charge in [0.15, 0.2) is 0 Å². The Bertz CT molecular complexity index is 405. The van der Waals surface area contributed by atoms with Crippen molar-refractivity contribution in [3.05, 3.63) is 35.9 Å². The van der Waals surface area contributed by atoms with Crippen LogP contribution in [0.25, 0.3) is 0 Å². The molecule has 1 aromatic rings. The summed E-state index contributed by atoms with van der Waals surface area (Å²) in [6.45, 7) is 1.99. The average molecular weight is 278 g/mol. The summed E-state index contributed by atoms with van der Waals surface area (Å²) in [5.74, 6) is -0.0528. The molecule has 2 rings (SSSR count). The molecule has 2 unspecified atom stereocenters. The van der Waals surface area contributed by atoms with Gasteiger partial charge in [0.2, 0.25) is 5.91 Å². The Hall–Kier alpha value is -1.43. The molecule has 3 N–H and O–H groups in total. The fourth-order valence-electron chi connectivity index (χ4n) is 2.32. The van der Waals surface area contributed by atoms with Crippen molar-refractivity contribution in [1.29, 1.82) is 0 Å². The lowest BCUT2D eigenvalue weighted by Crippen LogP contribution is -2.46. The van der Waals surface area contributed by atoms with E-state index in [1.54, 1.807) is 0 Å². The van der Waals surface area contributed by atoms with Gasteiger partial charge in [-0.3, -0.25) is 4.79 Å². The van der Waals surface area contributed by atoms with E-state index in [1.807, 2.05) is 30.3 Å². The largest absolute Gasteiger partial charge is 0.394 e. The molecule has 1 aromatic carbocycles. The van der Waals surface area contributed by atoms with E-state index in [-0.39, 0.29) is 24.6 Å². The third-order valence-electron chi connectivity index (χ3n) is 3.34. The Balaban J connectivity index is 1.78. The van der Waals surface area contributed by atoms with E-state index >= 15 is 0 Å². The average Bonchev–Trinajstić information content (AvgIpc) is 2.48. The third kappa shape index (κ3) is 4.92. The Morgan fingerprint density at radius 2 is 2.25 bits per heavy atom. The van der Waals surface area contributed by atoms with E-state index in [1.165, 1.54) is 0 Å². The van der Waals surface area contributed by atoms with Crippen LogP contribution < -0.4 is 10.6 Å². The minimum Gasteiger partial charge on any atom is -0.394 e. The number of morpholine rings is 1. The van der Waals surface area contributed by atoms with E-state index in [4.69, 9.17) is 4.74 Å². The van der Waals surface area contributed by atoms with Crippen LogP contribution in [-0.2, 0) is 16.0 Å². The summed E-state index contributed by atoms with van der Waals surface area (Å²) < 4.78 is 5.32. The van der Waals surface area contributed by atoms with Gasteiger partial charge < -0.3 is 20.5 Å². The van der Waals surface area contributed by atoms with Crippen molar-refractivity contribution >= 4 is 5.91 Å². The molecule has 0 aromatic heterocycles. The number of benzene rings is 1. The van der Waals surface area contributed by atoms with E-state index in [0.717, 1.165) is 12.1 Å². The van der Waals surface area contributed by atoms with Crippen LogP contribution in [0.1, 0.15) is 12.0 Å². The minimum atomic E-state index is -0.241. The summed E-state index contributed by atoms with van der Waals surface area (Å²) in [5, 5.41) is 15.5.